The molecule has 5 heteroatoms. The number of carboxylic acid groups (broad SMARTS) is 1. The van der Waals surface area contributed by atoms with Crippen LogP contribution in [0.1, 0.15) is 21.5 Å². The number of benzene rings is 2. The van der Waals surface area contributed by atoms with Crippen LogP contribution in [0.15, 0.2) is 46.2 Å². The predicted molar refractivity (Wildman–Crippen MR) is 85.9 cm³/mol. The van der Waals surface area contributed by atoms with Crippen LogP contribution in [0.3, 0.4) is 0 Å². The molecule has 1 heterocycles. The number of ether oxygens (including phenoxy) is 1. The van der Waals surface area contributed by atoms with Crippen molar-refractivity contribution in [1.82, 2.24) is 0 Å². The molecule has 0 amide bonds. The third-order valence-electron chi connectivity index (χ3n) is 3.67. The van der Waals surface area contributed by atoms with Crippen LogP contribution in [0.5, 0.6) is 5.75 Å². The van der Waals surface area contributed by atoms with Crippen LogP contribution in [-0.4, -0.2) is 24.2 Å². The Labute approximate surface area is 133 Å². The monoisotopic (exact) mass is 315 g/mol. The molecular weight excluding hydrogens is 298 g/mol. The second kappa shape index (κ2) is 6.42. The molecule has 0 aromatic heterocycles. The van der Waals surface area contributed by atoms with Crippen molar-refractivity contribution in [3.05, 3.63) is 53.1 Å². The molecule has 3 N–H and O–H groups in total. The molecule has 1 aliphatic heterocycles. The van der Waals surface area contributed by atoms with Crippen molar-refractivity contribution < 1.29 is 14.6 Å². The molecule has 2 aromatic carbocycles. The summed E-state index contributed by atoms with van der Waals surface area (Å²) < 4.78 is 5.73. The Hall–Kier alpha value is -1.98. The van der Waals surface area contributed by atoms with E-state index in [-0.39, 0.29) is 0 Å². The lowest BCUT2D eigenvalue weighted by atomic mass is 9.99. The van der Waals surface area contributed by atoms with Crippen molar-refractivity contribution in [2.75, 3.05) is 13.2 Å². The van der Waals surface area contributed by atoms with Gasteiger partial charge in [0.2, 0.25) is 0 Å². The van der Waals surface area contributed by atoms with Crippen LogP contribution in [-0.2, 0) is 12.8 Å². The van der Waals surface area contributed by atoms with E-state index in [9.17, 15) is 9.90 Å². The summed E-state index contributed by atoms with van der Waals surface area (Å²) in [5, 5.41) is 9.37. The zero-order chi connectivity index (χ0) is 15.5. The third kappa shape index (κ3) is 2.82. The van der Waals surface area contributed by atoms with Crippen molar-refractivity contribution in [3.8, 4) is 5.75 Å². The average molecular weight is 315 g/mol. The predicted octanol–water partition coefficient (Wildman–Crippen LogP) is 2.97. The number of hydrogen-bond acceptors (Lipinski definition) is 4. The van der Waals surface area contributed by atoms with Gasteiger partial charge in [-0.25, -0.2) is 4.79 Å². The molecule has 2 aromatic rings. The van der Waals surface area contributed by atoms with E-state index in [0.717, 1.165) is 33.1 Å². The Bertz CT molecular complexity index is 715. The summed E-state index contributed by atoms with van der Waals surface area (Å²) in [6.45, 7) is 0.953. The molecule has 0 saturated carbocycles. The molecule has 3 rings (SSSR count). The number of rotatable bonds is 4. The normalized spacial score (nSPS) is 13.0. The average Bonchev–Trinajstić information content (AvgIpc) is 2.71. The van der Waals surface area contributed by atoms with E-state index >= 15 is 0 Å². The molecule has 22 heavy (non-hydrogen) atoms. The first kappa shape index (κ1) is 14.9. The van der Waals surface area contributed by atoms with Crippen LogP contribution in [0.2, 0.25) is 0 Å². The van der Waals surface area contributed by atoms with Gasteiger partial charge in [0.05, 0.1) is 5.56 Å². The second-order valence-corrected chi connectivity index (χ2v) is 6.14. The fourth-order valence-corrected chi connectivity index (χ4v) is 3.87. The van der Waals surface area contributed by atoms with Gasteiger partial charge < -0.3 is 15.6 Å². The van der Waals surface area contributed by atoms with Gasteiger partial charge in [0, 0.05) is 21.9 Å². The molecule has 0 bridgehead atoms. The van der Waals surface area contributed by atoms with E-state index in [4.69, 9.17) is 10.5 Å². The van der Waals surface area contributed by atoms with Gasteiger partial charge in [-0.1, -0.05) is 23.9 Å². The van der Waals surface area contributed by atoms with Crippen molar-refractivity contribution in [2.45, 2.75) is 22.6 Å². The van der Waals surface area contributed by atoms with Crippen molar-refractivity contribution in [2.24, 2.45) is 5.73 Å². The van der Waals surface area contributed by atoms with Gasteiger partial charge in [-0.2, -0.15) is 0 Å². The molecule has 0 aliphatic carbocycles. The van der Waals surface area contributed by atoms with Crippen molar-refractivity contribution in [3.63, 3.8) is 0 Å². The van der Waals surface area contributed by atoms with Gasteiger partial charge in [0.25, 0.3) is 0 Å². The first-order valence-corrected chi connectivity index (χ1v) is 8.00. The van der Waals surface area contributed by atoms with Gasteiger partial charge in [-0.15, -0.1) is 0 Å². The molecular formula is C17H17NO3S. The highest BCUT2D eigenvalue weighted by Crippen LogP contribution is 2.41. The Kier molecular flexibility index (Phi) is 4.36. The Balaban J connectivity index is 2.01. The zero-order valence-electron chi connectivity index (χ0n) is 12.0. The molecule has 0 radical (unpaired) electrons. The highest BCUT2D eigenvalue weighted by Gasteiger charge is 2.21. The van der Waals surface area contributed by atoms with Crippen LogP contribution in [0.4, 0.5) is 0 Å². The van der Waals surface area contributed by atoms with Crippen molar-refractivity contribution >= 4 is 17.7 Å². The summed E-state index contributed by atoms with van der Waals surface area (Å²) >= 11 is 1.61. The Morgan fingerprint density at radius 2 is 1.82 bits per heavy atom. The molecule has 114 valence electrons. The van der Waals surface area contributed by atoms with E-state index in [1.54, 1.807) is 23.9 Å². The number of aromatic carboxylic acids is 1. The SMILES string of the molecule is NCCOc1cccc2c1CCc1c(cccc1C(=O)O)S2. The smallest absolute Gasteiger partial charge is 0.336 e. The molecule has 0 spiro atoms. The molecule has 0 unspecified atom stereocenters. The van der Waals surface area contributed by atoms with Crippen molar-refractivity contribution in [1.29, 1.82) is 0 Å². The van der Waals surface area contributed by atoms with Gasteiger partial charge in [-0.3, -0.25) is 0 Å². The number of fused-ring (bicyclic) bond motifs is 2. The minimum absolute atomic E-state index is 0.391. The lowest BCUT2D eigenvalue weighted by molar-refractivity contribution is 0.0695. The fourth-order valence-electron chi connectivity index (χ4n) is 2.68. The van der Waals surface area contributed by atoms with Gasteiger partial charge in [0.15, 0.2) is 0 Å². The van der Waals surface area contributed by atoms with Crippen LogP contribution >= 0.6 is 11.8 Å². The largest absolute Gasteiger partial charge is 0.492 e. The van der Waals surface area contributed by atoms with Gasteiger partial charge >= 0.3 is 5.97 Å². The maximum absolute atomic E-state index is 11.4. The third-order valence-corrected chi connectivity index (χ3v) is 4.88. The summed E-state index contributed by atoms with van der Waals surface area (Å²) in [7, 11) is 0. The molecule has 4 nitrogen and oxygen atoms in total. The van der Waals surface area contributed by atoms with E-state index in [0.29, 0.717) is 25.1 Å². The molecule has 1 aliphatic rings. The second-order valence-electron chi connectivity index (χ2n) is 5.06. The molecule has 0 saturated heterocycles. The molecule has 0 fully saturated rings. The summed E-state index contributed by atoms with van der Waals surface area (Å²) in [4.78, 5) is 13.5. The van der Waals surface area contributed by atoms with E-state index in [1.165, 1.54) is 0 Å². The zero-order valence-corrected chi connectivity index (χ0v) is 12.9. The lowest BCUT2D eigenvalue weighted by Gasteiger charge is -2.12. The highest BCUT2D eigenvalue weighted by atomic mass is 32.2. The maximum Gasteiger partial charge on any atom is 0.336 e. The maximum atomic E-state index is 11.4. The summed E-state index contributed by atoms with van der Waals surface area (Å²) in [5.74, 6) is -0.0249. The van der Waals surface area contributed by atoms with E-state index in [2.05, 4.69) is 6.07 Å². The molecule has 0 atom stereocenters. The summed E-state index contributed by atoms with van der Waals surface area (Å²) in [5.41, 5.74) is 7.94. The number of hydrogen-bond donors (Lipinski definition) is 2. The topological polar surface area (TPSA) is 72.5 Å². The number of nitrogens with two attached hydrogens (primary N) is 1. The summed E-state index contributed by atoms with van der Waals surface area (Å²) in [6.07, 6.45) is 1.46. The first-order chi connectivity index (χ1) is 10.7. The van der Waals surface area contributed by atoms with E-state index < -0.39 is 5.97 Å². The highest BCUT2D eigenvalue weighted by molar-refractivity contribution is 7.99. The number of carbonyl (C=O) groups is 1. The summed E-state index contributed by atoms with van der Waals surface area (Å²) in [6, 6.07) is 11.4. The van der Waals surface area contributed by atoms with Crippen LogP contribution in [0, 0.1) is 0 Å². The standard InChI is InChI=1S/C17H17NO3S/c18-9-10-21-14-4-2-6-16-13(14)8-7-11-12(17(19)20)3-1-5-15(11)22-16/h1-6H,7-10,18H2,(H,19,20). The Morgan fingerprint density at radius 3 is 2.55 bits per heavy atom. The first-order valence-electron chi connectivity index (χ1n) is 7.18. The lowest BCUT2D eigenvalue weighted by Crippen LogP contribution is -2.12. The van der Waals surface area contributed by atoms with Crippen LogP contribution in [0.25, 0.3) is 0 Å². The van der Waals surface area contributed by atoms with Crippen LogP contribution < -0.4 is 10.5 Å². The van der Waals surface area contributed by atoms with E-state index in [1.807, 2.05) is 18.2 Å². The van der Waals surface area contributed by atoms with Gasteiger partial charge in [0.1, 0.15) is 12.4 Å². The quantitative estimate of drug-likeness (QED) is 0.907. The minimum atomic E-state index is -0.872. The van der Waals surface area contributed by atoms with Gasteiger partial charge in [-0.05, 0) is 42.7 Å². The Morgan fingerprint density at radius 1 is 1.14 bits per heavy atom. The fraction of sp³-hybridized carbons (Fsp3) is 0.235. The minimum Gasteiger partial charge on any atom is -0.492 e. The number of carboxylic acids is 1.